The van der Waals surface area contributed by atoms with Crippen molar-refractivity contribution in [3.63, 3.8) is 0 Å². The molecule has 0 saturated heterocycles. The predicted molar refractivity (Wildman–Crippen MR) is 76.1 cm³/mol. The van der Waals surface area contributed by atoms with Crippen molar-refractivity contribution in [2.45, 2.75) is 59.8 Å². The van der Waals surface area contributed by atoms with Gasteiger partial charge in [0.2, 0.25) is 0 Å². The van der Waals surface area contributed by atoms with Crippen LogP contribution < -0.4 is 5.32 Å². The Morgan fingerprint density at radius 2 is 1.94 bits per heavy atom. The van der Waals surface area contributed by atoms with Crippen molar-refractivity contribution in [2.75, 3.05) is 11.9 Å². The standard InChI is InChI=1S/C15H25N3/c1-6-8-16-13-11(7-2)10(3)17-14(18-13)12-9-15(12,4)5/h12H,6-9H2,1-5H3,(H,16,17,18). The van der Waals surface area contributed by atoms with Crippen molar-refractivity contribution >= 4 is 5.82 Å². The first kappa shape index (κ1) is 13.3. The number of nitrogens with zero attached hydrogens (tertiary/aromatic N) is 2. The van der Waals surface area contributed by atoms with Gasteiger partial charge in [-0.25, -0.2) is 9.97 Å². The molecule has 0 spiro atoms. The van der Waals surface area contributed by atoms with E-state index >= 15 is 0 Å². The Labute approximate surface area is 110 Å². The van der Waals surface area contributed by atoms with Gasteiger partial charge in [-0.1, -0.05) is 27.7 Å². The highest BCUT2D eigenvalue weighted by Gasteiger charge is 2.48. The average Bonchev–Trinajstić information content (AvgIpc) is 2.95. The Hall–Kier alpha value is -1.12. The first-order valence-corrected chi connectivity index (χ1v) is 7.10. The molecule has 0 amide bonds. The summed E-state index contributed by atoms with van der Waals surface area (Å²) in [7, 11) is 0. The molecule has 1 aromatic heterocycles. The van der Waals surface area contributed by atoms with Crippen LogP contribution in [0.4, 0.5) is 5.82 Å². The number of nitrogens with one attached hydrogen (secondary N) is 1. The lowest BCUT2D eigenvalue weighted by atomic mass is 10.1. The highest BCUT2D eigenvalue weighted by Crippen LogP contribution is 2.57. The normalized spacial score (nSPS) is 20.8. The molecule has 0 bridgehead atoms. The topological polar surface area (TPSA) is 37.8 Å². The Morgan fingerprint density at radius 1 is 1.28 bits per heavy atom. The fourth-order valence-corrected chi connectivity index (χ4v) is 2.49. The minimum atomic E-state index is 0.391. The van der Waals surface area contributed by atoms with Crippen molar-refractivity contribution in [2.24, 2.45) is 5.41 Å². The van der Waals surface area contributed by atoms with Crippen LogP contribution in [0.1, 0.15) is 63.5 Å². The van der Waals surface area contributed by atoms with Gasteiger partial charge in [0.1, 0.15) is 11.6 Å². The fourth-order valence-electron chi connectivity index (χ4n) is 2.49. The van der Waals surface area contributed by atoms with Crippen molar-refractivity contribution in [1.82, 2.24) is 9.97 Å². The molecule has 1 atom stereocenters. The molecule has 1 N–H and O–H groups in total. The zero-order valence-electron chi connectivity index (χ0n) is 12.3. The second-order valence-corrected chi connectivity index (χ2v) is 6.02. The second kappa shape index (κ2) is 4.87. The number of anilines is 1. The molecule has 1 heterocycles. The highest BCUT2D eigenvalue weighted by atomic mass is 15.0. The maximum absolute atomic E-state index is 4.78. The van der Waals surface area contributed by atoms with Gasteiger partial charge in [0.25, 0.3) is 0 Å². The van der Waals surface area contributed by atoms with Crippen LogP contribution in [0.2, 0.25) is 0 Å². The van der Waals surface area contributed by atoms with Gasteiger partial charge in [-0.15, -0.1) is 0 Å². The second-order valence-electron chi connectivity index (χ2n) is 6.02. The van der Waals surface area contributed by atoms with Gasteiger partial charge in [0.15, 0.2) is 0 Å². The minimum absolute atomic E-state index is 0.391. The molecule has 0 radical (unpaired) electrons. The summed E-state index contributed by atoms with van der Waals surface area (Å²) in [5, 5.41) is 3.45. The highest BCUT2D eigenvalue weighted by molar-refractivity contribution is 5.47. The van der Waals surface area contributed by atoms with Crippen LogP contribution in [-0.2, 0) is 6.42 Å². The van der Waals surface area contributed by atoms with Gasteiger partial charge in [-0.05, 0) is 31.6 Å². The molecule has 100 valence electrons. The lowest BCUT2D eigenvalue weighted by Crippen LogP contribution is -2.11. The van der Waals surface area contributed by atoms with Crippen LogP contribution in [0.3, 0.4) is 0 Å². The number of hydrogen-bond donors (Lipinski definition) is 1. The number of hydrogen-bond acceptors (Lipinski definition) is 3. The third-order valence-corrected chi connectivity index (χ3v) is 3.95. The van der Waals surface area contributed by atoms with Crippen molar-refractivity contribution in [3.8, 4) is 0 Å². The van der Waals surface area contributed by atoms with E-state index < -0.39 is 0 Å². The number of aryl methyl sites for hydroxylation is 1. The maximum atomic E-state index is 4.78. The molecule has 0 aliphatic heterocycles. The lowest BCUT2D eigenvalue weighted by molar-refractivity contribution is 0.607. The Bertz CT molecular complexity index is 438. The first-order chi connectivity index (χ1) is 8.49. The van der Waals surface area contributed by atoms with Gasteiger partial charge in [-0.2, -0.15) is 0 Å². The third-order valence-electron chi connectivity index (χ3n) is 3.95. The van der Waals surface area contributed by atoms with Crippen LogP contribution in [-0.4, -0.2) is 16.5 Å². The Kier molecular flexibility index (Phi) is 3.60. The van der Waals surface area contributed by atoms with Crippen molar-refractivity contribution < 1.29 is 0 Å². The summed E-state index contributed by atoms with van der Waals surface area (Å²) in [6, 6.07) is 0. The molecule has 2 rings (SSSR count). The zero-order valence-corrected chi connectivity index (χ0v) is 12.3. The molecule has 1 aromatic rings. The quantitative estimate of drug-likeness (QED) is 0.862. The van der Waals surface area contributed by atoms with E-state index in [4.69, 9.17) is 9.97 Å². The molecule has 3 nitrogen and oxygen atoms in total. The monoisotopic (exact) mass is 247 g/mol. The van der Waals surface area contributed by atoms with Crippen LogP contribution in [0.5, 0.6) is 0 Å². The molecule has 3 heteroatoms. The van der Waals surface area contributed by atoms with E-state index in [2.05, 4.69) is 39.9 Å². The molecule has 0 aromatic carbocycles. The van der Waals surface area contributed by atoms with Crippen molar-refractivity contribution in [1.29, 1.82) is 0 Å². The molecule has 1 aliphatic rings. The summed E-state index contributed by atoms with van der Waals surface area (Å²) in [6.07, 6.45) is 3.33. The Morgan fingerprint density at radius 3 is 2.44 bits per heavy atom. The van der Waals surface area contributed by atoms with Crippen molar-refractivity contribution in [3.05, 3.63) is 17.1 Å². The summed E-state index contributed by atoms with van der Waals surface area (Å²) >= 11 is 0. The van der Waals surface area contributed by atoms with Crippen LogP contribution in [0.15, 0.2) is 0 Å². The van der Waals surface area contributed by atoms with E-state index in [0.29, 0.717) is 11.3 Å². The lowest BCUT2D eigenvalue weighted by Gasteiger charge is -2.14. The summed E-state index contributed by atoms with van der Waals surface area (Å²) in [5.74, 6) is 2.64. The van der Waals surface area contributed by atoms with E-state index in [1.54, 1.807) is 0 Å². The molecule has 1 saturated carbocycles. The molecule has 18 heavy (non-hydrogen) atoms. The largest absolute Gasteiger partial charge is 0.370 e. The summed E-state index contributed by atoms with van der Waals surface area (Å²) in [4.78, 5) is 9.50. The number of rotatable bonds is 5. The molecule has 1 aliphatic carbocycles. The summed E-state index contributed by atoms with van der Waals surface area (Å²) in [6.45, 7) is 12.0. The van der Waals surface area contributed by atoms with E-state index in [0.717, 1.165) is 36.7 Å². The third kappa shape index (κ3) is 2.50. The maximum Gasteiger partial charge on any atom is 0.134 e. The molecule has 1 fully saturated rings. The molecular formula is C15H25N3. The summed E-state index contributed by atoms with van der Waals surface area (Å²) in [5.41, 5.74) is 2.80. The molecular weight excluding hydrogens is 222 g/mol. The van der Waals surface area contributed by atoms with E-state index in [-0.39, 0.29) is 0 Å². The van der Waals surface area contributed by atoms with Gasteiger partial charge < -0.3 is 5.32 Å². The van der Waals surface area contributed by atoms with Gasteiger partial charge in [0.05, 0.1) is 0 Å². The van der Waals surface area contributed by atoms with E-state index in [1.165, 1.54) is 12.0 Å². The van der Waals surface area contributed by atoms with E-state index in [1.807, 2.05) is 0 Å². The van der Waals surface area contributed by atoms with Crippen LogP contribution in [0, 0.1) is 12.3 Å². The number of aromatic nitrogens is 2. The van der Waals surface area contributed by atoms with Gasteiger partial charge in [0, 0.05) is 23.7 Å². The average molecular weight is 247 g/mol. The van der Waals surface area contributed by atoms with Gasteiger partial charge in [-0.3, -0.25) is 0 Å². The fraction of sp³-hybridized carbons (Fsp3) is 0.733. The molecule has 1 unspecified atom stereocenters. The zero-order chi connectivity index (χ0) is 13.3. The SMILES string of the molecule is CCCNc1nc(C2CC2(C)C)nc(C)c1CC. The van der Waals surface area contributed by atoms with Crippen LogP contribution >= 0.6 is 0 Å². The predicted octanol–water partition coefficient (Wildman–Crippen LogP) is 3.68. The van der Waals surface area contributed by atoms with Gasteiger partial charge >= 0.3 is 0 Å². The smallest absolute Gasteiger partial charge is 0.134 e. The van der Waals surface area contributed by atoms with Crippen LogP contribution in [0.25, 0.3) is 0 Å². The minimum Gasteiger partial charge on any atom is -0.370 e. The Balaban J connectivity index is 2.31. The van der Waals surface area contributed by atoms with E-state index in [9.17, 15) is 0 Å². The summed E-state index contributed by atoms with van der Waals surface area (Å²) < 4.78 is 0. The first-order valence-electron chi connectivity index (χ1n) is 7.10.